The van der Waals surface area contributed by atoms with Crippen molar-refractivity contribution >= 4 is 16.7 Å². The summed E-state index contributed by atoms with van der Waals surface area (Å²) < 4.78 is 6.19. The predicted octanol–water partition coefficient (Wildman–Crippen LogP) is 3.17. The first-order valence-corrected chi connectivity index (χ1v) is 7.95. The van der Waals surface area contributed by atoms with Crippen LogP contribution in [0.15, 0.2) is 30.6 Å². The minimum absolute atomic E-state index is 0.0703. The molecule has 21 heavy (non-hydrogen) atoms. The number of ether oxygens (including phenoxy) is 1. The molecule has 0 amide bonds. The van der Waals surface area contributed by atoms with Crippen molar-refractivity contribution in [2.75, 3.05) is 24.6 Å². The third-order valence-electron chi connectivity index (χ3n) is 4.83. The second-order valence-electron chi connectivity index (χ2n) is 6.21. The Bertz CT molecular complexity index is 626. The van der Waals surface area contributed by atoms with Crippen molar-refractivity contribution in [1.29, 1.82) is 0 Å². The average Bonchev–Trinajstić information content (AvgIpc) is 2.55. The first kappa shape index (κ1) is 13.0. The summed E-state index contributed by atoms with van der Waals surface area (Å²) in [5.74, 6) is 0. The maximum atomic E-state index is 6.19. The van der Waals surface area contributed by atoms with Crippen LogP contribution >= 0.6 is 0 Å². The molecule has 1 saturated carbocycles. The Hall–Kier alpha value is -1.68. The fourth-order valence-electron chi connectivity index (χ4n) is 3.77. The SMILES string of the molecule is c1cnc2c(N3CCOC4(CCCCC4)C3)ccnc2c1. The normalized spacial score (nSPS) is 21.8. The molecule has 3 heterocycles. The van der Waals surface area contributed by atoms with Gasteiger partial charge in [0.25, 0.3) is 0 Å². The fraction of sp³-hybridized carbons (Fsp3) is 0.529. The summed E-state index contributed by atoms with van der Waals surface area (Å²) in [7, 11) is 0. The molecule has 2 fully saturated rings. The van der Waals surface area contributed by atoms with Gasteiger partial charge < -0.3 is 9.64 Å². The van der Waals surface area contributed by atoms with Gasteiger partial charge >= 0.3 is 0 Å². The van der Waals surface area contributed by atoms with E-state index in [1.807, 2.05) is 24.5 Å². The van der Waals surface area contributed by atoms with Crippen molar-refractivity contribution in [2.24, 2.45) is 0 Å². The van der Waals surface area contributed by atoms with E-state index in [1.165, 1.54) is 37.8 Å². The van der Waals surface area contributed by atoms with Crippen molar-refractivity contribution in [2.45, 2.75) is 37.7 Å². The highest BCUT2D eigenvalue weighted by atomic mass is 16.5. The first-order valence-electron chi connectivity index (χ1n) is 7.95. The smallest absolute Gasteiger partial charge is 0.112 e. The molecular formula is C17H21N3O. The van der Waals surface area contributed by atoms with Crippen LogP contribution in [0.25, 0.3) is 11.0 Å². The van der Waals surface area contributed by atoms with Crippen LogP contribution in [0.1, 0.15) is 32.1 Å². The maximum absolute atomic E-state index is 6.19. The summed E-state index contributed by atoms with van der Waals surface area (Å²) in [5.41, 5.74) is 3.25. The molecule has 1 spiro atoms. The van der Waals surface area contributed by atoms with E-state index in [-0.39, 0.29) is 5.60 Å². The van der Waals surface area contributed by atoms with E-state index in [0.717, 1.165) is 30.7 Å². The van der Waals surface area contributed by atoms with Crippen molar-refractivity contribution in [3.05, 3.63) is 30.6 Å². The zero-order valence-electron chi connectivity index (χ0n) is 12.3. The average molecular weight is 283 g/mol. The van der Waals surface area contributed by atoms with E-state index in [9.17, 15) is 0 Å². The van der Waals surface area contributed by atoms with Crippen LogP contribution in [-0.2, 0) is 4.74 Å². The van der Waals surface area contributed by atoms with Crippen LogP contribution in [0.5, 0.6) is 0 Å². The minimum Gasteiger partial charge on any atom is -0.371 e. The van der Waals surface area contributed by atoms with Gasteiger partial charge in [-0.15, -0.1) is 0 Å². The van der Waals surface area contributed by atoms with Gasteiger partial charge in [-0.3, -0.25) is 9.97 Å². The molecule has 4 heteroatoms. The predicted molar refractivity (Wildman–Crippen MR) is 83.5 cm³/mol. The summed E-state index contributed by atoms with van der Waals surface area (Å²) >= 11 is 0. The van der Waals surface area contributed by atoms with E-state index in [0.29, 0.717) is 0 Å². The Kier molecular flexibility index (Phi) is 3.26. The van der Waals surface area contributed by atoms with Crippen LogP contribution in [-0.4, -0.2) is 35.3 Å². The van der Waals surface area contributed by atoms with E-state index in [1.54, 1.807) is 0 Å². The molecule has 110 valence electrons. The number of anilines is 1. The molecule has 1 saturated heterocycles. The quantitative estimate of drug-likeness (QED) is 0.805. The standard InChI is InChI=1S/C17H21N3O/c1-2-7-17(8-3-1)13-20(11-12-21-17)15-6-10-18-14-5-4-9-19-16(14)15/h4-6,9-10H,1-3,7-8,11-13H2. The van der Waals surface area contributed by atoms with Crippen molar-refractivity contribution in [3.8, 4) is 0 Å². The molecule has 0 radical (unpaired) electrons. The minimum atomic E-state index is 0.0703. The number of rotatable bonds is 1. The molecule has 0 unspecified atom stereocenters. The molecule has 2 aromatic rings. The lowest BCUT2D eigenvalue weighted by Crippen LogP contribution is -2.53. The summed E-state index contributed by atoms with van der Waals surface area (Å²) in [6, 6.07) is 6.07. The van der Waals surface area contributed by atoms with Crippen molar-refractivity contribution < 1.29 is 4.74 Å². The van der Waals surface area contributed by atoms with Crippen LogP contribution in [0.2, 0.25) is 0 Å². The van der Waals surface area contributed by atoms with Gasteiger partial charge in [-0.2, -0.15) is 0 Å². The lowest BCUT2D eigenvalue weighted by Gasteiger charge is -2.45. The molecule has 0 N–H and O–H groups in total. The molecule has 1 aliphatic carbocycles. The first-order chi connectivity index (χ1) is 10.4. The zero-order valence-corrected chi connectivity index (χ0v) is 12.3. The van der Waals surface area contributed by atoms with Crippen LogP contribution < -0.4 is 4.90 Å². The third kappa shape index (κ3) is 2.38. The van der Waals surface area contributed by atoms with Gasteiger partial charge in [0.1, 0.15) is 5.52 Å². The highest BCUT2D eigenvalue weighted by molar-refractivity contribution is 5.87. The molecule has 1 aliphatic heterocycles. The number of nitrogens with zero attached hydrogens (tertiary/aromatic N) is 3. The zero-order chi connectivity index (χ0) is 14.1. The molecule has 2 aliphatic rings. The number of hydrogen-bond acceptors (Lipinski definition) is 4. The van der Waals surface area contributed by atoms with Gasteiger partial charge in [-0.25, -0.2) is 0 Å². The highest BCUT2D eigenvalue weighted by Crippen LogP contribution is 2.36. The summed E-state index contributed by atoms with van der Waals surface area (Å²) in [5, 5.41) is 0. The number of pyridine rings is 2. The van der Waals surface area contributed by atoms with Crippen LogP contribution in [0, 0.1) is 0 Å². The van der Waals surface area contributed by atoms with Gasteiger partial charge in [-0.1, -0.05) is 19.3 Å². The Balaban J connectivity index is 1.68. The second kappa shape index (κ2) is 5.26. The summed E-state index contributed by atoms with van der Waals surface area (Å²) in [6.07, 6.45) is 10.1. The third-order valence-corrected chi connectivity index (χ3v) is 4.83. The number of hydrogen-bond donors (Lipinski definition) is 0. The molecular weight excluding hydrogens is 262 g/mol. The molecule has 0 bridgehead atoms. The Morgan fingerprint density at radius 1 is 1.05 bits per heavy atom. The molecule has 4 nitrogen and oxygen atoms in total. The van der Waals surface area contributed by atoms with Gasteiger partial charge in [0, 0.05) is 25.5 Å². The molecule has 0 atom stereocenters. The van der Waals surface area contributed by atoms with Crippen molar-refractivity contribution in [1.82, 2.24) is 9.97 Å². The largest absolute Gasteiger partial charge is 0.371 e. The van der Waals surface area contributed by atoms with E-state index >= 15 is 0 Å². The van der Waals surface area contributed by atoms with Gasteiger partial charge in [0.15, 0.2) is 0 Å². The molecule has 2 aromatic heterocycles. The monoisotopic (exact) mass is 283 g/mol. The van der Waals surface area contributed by atoms with E-state index in [4.69, 9.17) is 4.74 Å². The molecule has 4 rings (SSSR count). The van der Waals surface area contributed by atoms with Gasteiger partial charge in [0.05, 0.1) is 23.4 Å². The Labute approximate surface area is 125 Å². The van der Waals surface area contributed by atoms with E-state index < -0.39 is 0 Å². The van der Waals surface area contributed by atoms with Gasteiger partial charge in [-0.05, 0) is 31.0 Å². The summed E-state index contributed by atoms with van der Waals surface area (Å²) in [4.78, 5) is 11.4. The Morgan fingerprint density at radius 3 is 2.86 bits per heavy atom. The highest BCUT2D eigenvalue weighted by Gasteiger charge is 2.38. The summed E-state index contributed by atoms with van der Waals surface area (Å²) in [6.45, 7) is 2.75. The number of aromatic nitrogens is 2. The maximum Gasteiger partial charge on any atom is 0.112 e. The number of fused-ring (bicyclic) bond motifs is 1. The molecule has 0 aromatic carbocycles. The fourth-order valence-corrected chi connectivity index (χ4v) is 3.77. The lowest BCUT2D eigenvalue weighted by atomic mass is 9.83. The van der Waals surface area contributed by atoms with Gasteiger partial charge in [0.2, 0.25) is 0 Å². The lowest BCUT2D eigenvalue weighted by molar-refractivity contribution is -0.0781. The topological polar surface area (TPSA) is 38.2 Å². The number of morpholine rings is 1. The second-order valence-corrected chi connectivity index (χ2v) is 6.21. The Morgan fingerprint density at radius 2 is 1.95 bits per heavy atom. The van der Waals surface area contributed by atoms with Crippen LogP contribution in [0.3, 0.4) is 0 Å². The van der Waals surface area contributed by atoms with E-state index in [2.05, 4.69) is 20.9 Å². The van der Waals surface area contributed by atoms with Crippen molar-refractivity contribution in [3.63, 3.8) is 0 Å². The van der Waals surface area contributed by atoms with Crippen LogP contribution in [0.4, 0.5) is 5.69 Å².